The molecule has 2 aromatic rings. The van der Waals surface area contributed by atoms with E-state index in [-0.39, 0.29) is 0 Å². The molecule has 1 saturated heterocycles. The molecule has 124 valence electrons. The van der Waals surface area contributed by atoms with Gasteiger partial charge in [-0.1, -0.05) is 41.4 Å². The van der Waals surface area contributed by atoms with Crippen molar-refractivity contribution in [3.63, 3.8) is 0 Å². The fraction of sp³-hybridized carbons (Fsp3) is 0.316. The number of hydrogen-bond donors (Lipinski definition) is 0. The summed E-state index contributed by atoms with van der Waals surface area (Å²) in [6.07, 6.45) is 0. The van der Waals surface area contributed by atoms with Crippen molar-refractivity contribution >= 4 is 23.2 Å². The number of nitrogens with zero attached hydrogens (tertiary/aromatic N) is 3. The van der Waals surface area contributed by atoms with Crippen LogP contribution in [-0.4, -0.2) is 36.0 Å². The normalized spacial score (nSPS) is 16.0. The summed E-state index contributed by atoms with van der Waals surface area (Å²) in [7, 11) is 0. The molecular weight excluding hydrogens is 341 g/mol. The molecule has 0 atom stereocenters. The predicted octanol–water partition coefficient (Wildman–Crippen LogP) is 4.18. The first-order valence-electron chi connectivity index (χ1n) is 8.02. The zero-order valence-electron chi connectivity index (χ0n) is 13.4. The van der Waals surface area contributed by atoms with Crippen LogP contribution in [0.1, 0.15) is 16.7 Å². The van der Waals surface area contributed by atoms with E-state index in [2.05, 4.69) is 15.9 Å². The van der Waals surface area contributed by atoms with Gasteiger partial charge in [-0.3, -0.25) is 9.80 Å². The summed E-state index contributed by atoms with van der Waals surface area (Å²) in [5.74, 6) is 0. The Hall–Kier alpha value is -1.57. The minimum Gasteiger partial charge on any atom is -0.297 e. The van der Waals surface area contributed by atoms with Crippen molar-refractivity contribution in [3.05, 3.63) is 69.2 Å². The molecule has 0 saturated carbocycles. The summed E-state index contributed by atoms with van der Waals surface area (Å²) in [5, 5.41) is 10.1. The summed E-state index contributed by atoms with van der Waals surface area (Å²) < 4.78 is 0. The molecule has 1 aliphatic heterocycles. The van der Waals surface area contributed by atoms with Gasteiger partial charge >= 0.3 is 0 Å². The highest BCUT2D eigenvalue weighted by Crippen LogP contribution is 2.23. The maximum absolute atomic E-state index is 8.85. The highest BCUT2D eigenvalue weighted by atomic mass is 35.5. The van der Waals surface area contributed by atoms with Crippen molar-refractivity contribution in [2.75, 3.05) is 26.2 Å². The Balaban J connectivity index is 1.50. The fourth-order valence-corrected chi connectivity index (χ4v) is 3.27. The molecule has 1 aliphatic rings. The van der Waals surface area contributed by atoms with E-state index >= 15 is 0 Å². The van der Waals surface area contributed by atoms with E-state index in [0.29, 0.717) is 15.6 Å². The molecule has 0 bridgehead atoms. The van der Waals surface area contributed by atoms with Crippen LogP contribution in [0.15, 0.2) is 42.5 Å². The van der Waals surface area contributed by atoms with Crippen LogP contribution in [0, 0.1) is 11.3 Å². The number of piperazine rings is 1. The third kappa shape index (κ3) is 4.49. The fourth-order valence-electron chi connectivity index (χ4n) is 2.94. The van der Waals surface area contributed by atoms with E-state index in [0.717, 1.165) is 39.3 Å². The number of hydrogen-bond acceptors (Lipinski definition) is 3. The van der Waals surface area contributed by atoms with Gasteiger partial charge in [-0.25, -0.2) is 0 Å². The second-order valence-electron chi connectivity index (χ2n) is 6.11. The zero-order chi connectivity index (χ0) is 16.9. The molecule has 0 spiro atoms. The number of nitriles is 1. The second kappa shape index (κ2) is 8.00. The van der Waals surface area contributed by atoms with Crippen molar-refractivity contribution in [1.82, 2.24) is 9.80 Å². The van der Waals surface area contributed by atoms with Gasteiger partial charge in [-0.15, -0.1) is 0 Å². The standard InChI is InChI=1S/C19H19Cl2N3/c20-18-6-5-17(11-19(18)21)14-24-9-7-23(8-10-24)13-16-3-1-15(12-22)2-4-16/h1-6,11H,7-10,13-14H2. The molecular formula is C19H19Cl2N3. The van der Waals surface area contributed by atoms with Gasteiger partial charge in [0, 0.05) is 39.3 Å². The quantitative estimate of drug-likeness (QED) is 0.819. The van der Waals surface area contributed by atoms with Crippen LogP contribution < -0.4 is 0 Å². The van der Waals surface area contributed by atoms with E-state index in [1.165, 1.54) is 11.1 Å². The third-order valence-electron chi connectivity index (χ3n) is 4.34. The van der Waals surface area contributed by atoms with Gasteiger partial charge in [0.05, 0.1) is 21.7 Å². The Morgan fingerprint density at radius 3 is 1.88 bits per heavy atom. The Kier molecular flexibility index (Phi) is 5.76. The van der Waals surface area contributed by atoms with Crippen LogP contribution in [0.3, 0.4) is 0 Å². The lowest BCUT2D eigenvalue weighted by molar-refractivity contribution is 0.122. The van der Waals surface area contributed by atoms with E-state index in [1.807, 2.05) is 42.5 Å². The van der Waals surface area contributed by atoms with E-state index in [4.69, 9.17) is 28.5 Å². The SMILES string of the molecule is N#Cc1ccc(CN2CCN(Cc3ccc(Cl)c(Cl)c3)CC2)cc1. The second-order valence-corrected chi connectivity index (χ2v) is 6.92. The predicted molar refractivity (Wildman–Crippen MR) is 98.2 cm³/mol. The van der Waals surface area contributed by atoms with E-state index < -0.39 is 0 Å². The molecule has 0 amide bonds. The van der Waals surface area contributed by atoms with Crippen molar-refractivity contribution < 1.29 is 0 Å². The molecule has 3 rings (SSSR count). The highest BCUT2D eigenvalue weighted by Gasteiger charge is 2.17. The van der Waals surface area contributed by atoms with E-state index in [1.54, 1.807) is 0 Å². The molecule has 0 aliphatic carbocycles. The molecule has 1 fully saturated rings. The molecule has 0 unspecified atom stereocenters. The number of rotatable bonds is 4. The Bertz CT molecular complexity index is 729. The summed E-state index contributed by atoms with van der Waals surface area (Å²) in [6.45, 7) is 6.00. The summed E-state index contributed by atoms with van der Waals surface area (Å²) in [5.41, 5.74) is 3.17. The van der Waals surface area contributed by atoms with Crippen LogP contribution in [0.2, 0.25) is 10.0 Å². The molecule has 2 aromatic carbocycles. The van der Waals surface area contributed by atoms with Gasteiger partial charge in [0.15, 0.2) is 0 Å². The molecule has 0 aromatic heterocycles. The van der Waals surface area contributed by atoms with Crippen molar-refractivity contribution in [3.8, 4) is 6.07 Å². The minimum atomic E-state index is 0.604. The van der Waals surface area contributed by atoms with Gasteiger partial charge in [-0.2, -0.15) is 5.26 Å². The zero-order valence-corrected chi connectivity index (χ0v) is 14.9. The van der Waals surface area contributed by atoms with Crippen LogP contribution >= 0.6 is 23.2 Å². The summed E-state index contributed by atoms with van der Waals surface area (Å²) >= 11 is 12.1. The van der Waals surface area contributed by atoms with Gasteiger partial charge < -0.3 is 0 Å². The van der Waals surface area contributed by atoms with Crippen molar-refractivity contribution in [2.45, 2.75) is 13.1 Å². The average molecular weight is 360 g/mol. The molecule has 1 heterocycles. The molecule has 24 heavy (non-hydrogen) atoms. The lowest BCUT2D eigenvalue weighted by Crippen LogP contribution is -2.45. The molecule has 0 radical (unpaired) electrons. The van der Waals surface area contributed by atoms with Crippen LogP contribution in [0.5, 0.6) is 0 Å². The molecule has 0 N–H and O–H groups in total. The van der Waals surface area contributed by atoms with Crippen molar-refractivity contribution in [2.24, 2.45) is 0 Å². The van der Waals surface area contributed by atoms with Gasteiger partial charge in [0.2, 0.25) is 0 Å². The van der Waals surface area contributed by atoms with Gasteiger partial charge in [-0.05, 0) is 35.4 Å². The first-order chi connectivity index (χ1) is 11.6. The van der Waals surface area contributed by atoms with Crippen LogP contribution in [-0.2, 0) is 13.1 Å². The summed E-state index contributed by atoms with van der Waals surface area (Å²) in [6, 6.07) is 15.9. The third-order valence-corrected chi connectivity index (χ3v) is 5.08. The van der Waals surface area contributed by atoms with E-state index in [9.17, 15) is 0 Å². The van der Waals surface area contributed by atoms with Crippen molar-refractivity contribution in [1.29, 1.82) is 5.26 Å². The minimum absolute atomic E-state index is 0.604. The average Bonchev–Trinajstić information content (AvgIpc) is 2.61. The Labute approximate surface area is 153 Å². The molecule has 5 heteroatoms. The Morgan fingerprint density at radius 2 is 1.33 bits per heavy atom. The number of halogens is 2. The number of benzene rings is 2. The smallest absolute Gasteiger partial charge is 0.0991 e. The van der Waals surface area contributed by atoms with Crippen LogP contribution in [0.4, 0.5) is 0 Å². The monoisotopic (exact) mass is 359 g/mol. The maximum atomic E-state index is 8.85. The van der Waals surface area contributed by atoms with Crippen LogP contribution in [0.25, 0.3) is 0 Å². The topological polar surface area (TPSA) is 30.3 Å². The molecule has 3 nitrogen and oxygen atoms in total. The Morgan fingerprint density at radius 1 is 0.792 bits per heavy atom. The first kappa shape index (κ1) is 17.3. The van der Waals surface area contributed by atoms with Gasteiger partial charge in [0.25, 0.3) is 0 Å². The lowest BCUT2D eigenvalue weighted by atomic mass is 10.1. The summed E-state index contributed by atoms with van der Waals surface area (Å²) in [4.78, 5) is 4.89. The maximum Gasteiger partial charge on any atom is 0.0991 e. The highest BCUT2D eigenvalue weighted by molar-refractivity contribution is 6.42. The largest absolute Gasteiger partial charge is 0.297 e. The first-order valence-corrected chi connectivity index (χ1v) is 8.77. The van der Waals surface area contributed by atoms with Gasteiger partial charge in [0.1, 0.15) is 0 Å². The lowest BCUT2D eigenvalue weighted by Gasteiger charge is -2.34.